The zero-order valence-electron chi connectivity index (χ0n) is 8.40. The maximum absolute atomic E-state index is 11.3. The Hall–Kier alpha value is -1.62. The zero-order valence-corrected chi connectivity index (χ0v) is 9.98. The molecule has 0 atom stereocenters. The van der Waals surface area contributed by atoms with Gasteiger partial charge in [0.15, 0.2) is 0 Å². The molecule has 1 N–H and O–H groups in total. The summed E-state index contributed by atoms with van der Waals surface area (Å²) in [5.74, 6) is -0.923. The number of aromatic nitrogens is 1. The van der Waals surface area contributed by atoms with Gasteiger partial charge in [-0.25, -0.2) is 9.78 Å². The van der Waals surface area contributed by atoms with Crippen LogP contribution in [0, 0.1) is 0 Å². The molecular weight excluding hydrogens is 274 g/mol. The van der Waals surface area contributed by atoms with Gasteiger partial charge in [0, 0.05) is 9.86 Å². The quantitative estimate of drug-likeness (QED) is 0.816. The van der Waals surface area contributed by atoms with E-state index in [-0.39, 0.29) is 11.4 Å². The molecule has 1 aromatic heterocycles. The van der Waals surface area contributed by atoms with Crippen molar-refractivity contribution >= 4 is 32.8 Å². The van der Waals surface area contributed by atoms with Gasteiger partial charge in [-0.2, -0.15) is 0 Å². The lowest BCUT2D eigenvalue weighted by Gasteiger charge is -2.04. The van der Waals surface area contributed by atoms with Crippen LogP contribution in [-0.4, -0.2) is 23.2 Å². The van der Waals surface area contributed by atoms with E-state index in [9.17, 15) is 9.90 Å². The first-order chi connectivity index (χ1) is 7.61. The first-order valence-corrected chi connectivity index (χ1v) is 5.28. The molecule has 0 spiro atoms. The summed E-state index contributed by atoms with van der Waals surface area (Å²) in [5.41, 5.74) is 0.682. The smallest absolute Gasteiger partial charge is 0.343 e. The van der Waals surface area contributed by atoms with Gasteiger partial charge in [-0.05, 0) is 24.3 Å². The van der Waals surface area contributed by atoms with Gasteiger partial charge in [0.1, 0.15) is 5.56 Å². The lowest BCUT2D eigenvalue weighted by atomic mass is 10.1. The lowest BCUT2D eigenvalue weighted by molar-refractivity contribution is 0.0597. The Bertz CT molecular complexity index is 568. The summed E-state index contributed by atoms with van der Waals surface area (Å²) in [6, 6.07) is 6.93. The van der Waals surface area contributed by atoms with Gasteiger partial charge in [-0.1, -0.05) is 15.9 Å². The third-order valence-electron chi connectivity index (χ3n) is 2.16. The minimum atomic E-state index is -0.605. The van der Waals surface area contributed by atoms with Crippen LogP contribution in [0.3, 0.4) is 0 Å². The molecule has 0 fully saturated rings. The van der Waals surface area contributed by atoms with E-state index in [0.717, 1.165) is 9.86 Å². The molecule has 0 aliphatic rings. The number of aromatic hydroxyl groups is 1. The number of fused-ring (bicyclic) bond motifs is 1. The summed E-state index contributed by atoms with van der Waals surface area (Å²) in [5, 5.41) is 10.3. The van der Waals surface area contributed by atoms with E-state index in [4.69, 9.17) is 0 Å². The fourth-order valence-electron chi connectivity index (χ4n) is 1.40. The number of esters is 1. The van der Waals surface area contributed by atoms with E-state index in [1.807, 2.05) is 12.1 Å². The van der Waals surface area contributed by atoms with E-state index in [1.165, 1.54) is 7.11 Å². The van der Waals surface area contributed by atoms with Crippen LogP contribution >= 0.6 is 15.9 Å². The van der Waals surface area contributed by atoms with Crippen molar-refractivity contribution in [3.05, 3.63) is 34.3 Å². The van der Waals surface area contributed by atoms with Crippen molar-refractivity contribution in [2.75, 3.05) is 7.11 Å². The van der Waals surface area contributed by atoms with Gasteiger partial charge in [-0.3, -0.25) is 0 Å². The van der Waals surface area contributed by atoms with Crippen molar-refractivity contribution in [2.45, 2.75) is 0 Å². The molecular formula is C11H8BrNO3. The number of rotatable bonds is 1. The molecule has 2 aromatic rings. The molecule has 82 valence electrons. The highest BCUT2D eigenvalue weighted by atomic mass is 79.9. The predicted octanol–water partition coefficient (Wildman–Crippen LogP) is 2.49. The standard InChI is InChI=1S/C11H8BrNO3/c1-16-11(15)8-5-6-4-7(12)2-3-9(6)13-10(8)14/h2-5H,1H3,(H,13,14). The monoisotopic (exact) mass is 281 g/mol. The molecule has 0 radical (unpaired) electrons. The normalized spacial score (nSPS) is 10.4. The number of halogens is 1. The molecule has 0 saturated heterocycles. The molecule has 0 saturated carbocycles. The largest absolute Gasteiger partial charge is 0.493 e. The number of nitrogens with zero attached hydrogens (tertiary/aromatic N) is 1. The van der Waals surface area contributed by atoms with Crippen molar-refractivity contribution in [3.63, 3.8) is 0 Å². The highest BCUT2D eigenvalue weighted by Crippen LogP contribution is 2.24. The summed E-state index contributed by atoms with van der Waals surface area (Å²) >= 11 is 3.32. The van der Waals surface area contributed by atoms with E-state index in [1.54, 1.807) is 12.1 Å². The van der Waals surface area contributed by atoms with Gasteiger partial charge in [0.25, 0.3) is 0 Å². The number of methoxy groups -OCH3 is 1. The fraction of sp³-hybridized carbons (Fsp3) is 0.0909. The predicted molar refractivity (Wildman–Crippen MR) is 62.4 cm³/mol. The molecule has 16 heavy (non-hydrogen) atoms. The van der Waals surface area contributed by atoms with Crippen molar-refractivity contribution in [3.8, 4) is 5.88 Å². The second-order valence-corrected chi connectivity index (χ2v) is 4.10. The van der Waals surface area contributed by atoms with Crippen LogP contribution in [-0.2, 0) is 4.74 Å². The van der Waals surface area contributed by atoms with E-state index < -0.39 is 5.97 Å². The number of carbonyl (C=O) groups excluding carboxylic acids is 1. The van der Waals surface area contributed by atoms with Crippen molar-refractivity contribution < 1.29 is 14.6 Å². The van der Waals surface area contributed by atoms with Gasteiger partial charge in [0.05, 0.1) is 12.6 Å². The van der Waals surface area contributed by atoms with Gasteiger partial charge in [-0.15, -0.1) is 0 Å². The molecule has 0 aliphatic carbocycles. The lowest BCUT2D eigenvalue weighted by Crippen LogP contribution is -2.02. The Kier molecular flexibility index (Phi) is 2.78. The van der Waals surface area contributed by atoms with Crippen LogP contribution in [0.1, 0.15) is 10.4 Å². The van der Waals surface area contributed by atoms with Crippen molar-refractivity contribution in [2.24, 2.45) is 0 Å². The van der Waals surface area contributed by atoms with Gasteiger partial charge >= 0.3 is 5.97 Å². The third kappa shape index (κ3) is 1.86. The Labute approximate surface area is 100.0 Å². The maximum atomic E-state index is 11.3. The van der Waals surface area contributed by atoms with E-state index >= 15 is 0 Å². The SMILES string of the molecule is COC(=O)c1cc2cc(Br)ccc2nc1O. The van der Waals surface area contributed by atoms with Crippen LogP contribution in [0.25, 0.3) is 10.9 Å². The summed E-state index contributed by atoms with van der Waals surface area (Å²) in [7, 11) is 1.26. The van der Waals surface area contributed by atoms with E-state index in [0.29, 0.717) is 5.52 Å². The Morgan fingerprint density at radius 3 is 2.88 bits per heavy atom. The molecule has 5 heteroatoms. The molecule has 0 amide bonds. The van der Waals surface area contributed by atoms with Crippen molar-refractivity contribution in [1.82, 2.24) is 4.98 Å². The fourth-order valence-corrected chi connectivity index (χ4v) is 1.78. The highest BCUT2D eigenvalue weighted by Gasteiger charge is 2.14. The topological polar surface area (TPSA) is 59.4 Å². The molecule has 0 unspecified atom stereocenters. The van der Waals surface area contributed by atoms with Crippen LogP contribution in [0.15, 0.2) is 28.7 Å². The molecule has 2 rings (SSSR count). The third-order valence-corrected chi connectivity index (χ3v) is 2.66. The minimum Gasteiger partial charge on any atom is -0.493 e. The summed E-state index contributed by atoms with van der Waals surface area (Å²) < 4.78 is 5.42. The number of carbonyl (C=O) groups is 1. The second kappa shape index (κ2) is 4.09. The highest BCUT2D eigenvalue weighted by molar-refractivity contribution is 9.10. The van der Waals surface area contributed by atoms with Gasteiger partial charge in [0.2, 0.25) is 5.88 Å². The number of hydrogen-bond acceptors (Lipinski definition) is 4. The Balaban J connectivity index is 2.68. The number of benzene rings is 1. The average Bonchev–Trinajstić information content (AvgIpc) is 2.28. The summed E-state index contributed by atoms with van der Waals surface area (Å²) in [6.07, 6.45) is 0. The zero-order chi connectivity index (χ0) is 11.7. The van der Waals surface area contributed by atoms with Crippen molar-refractivity contribution in [1.29, 1.82) is 0 Å². The molecule has 0 aliphatic heterocycles. The first kappa shape index (κ1) is 10.9. The molecule has 0 bridgehead atoms. The minimum absolute atomic E-state index is 0.0631. The van der Waals surface area contributed by atoms with Crippen LogP contribution in [0.5, 0.6) is 5.88 Å². The second-order valence-electron chi connectivity index (χ2n) is 3.19. The first-order valence-electron chi connectivity index (χ1n) is 4.49. The summed E-state index contributed by atoms with van der Waals surface area (Å²) in [6.45, 7) is 0. The molecule has 1 heterocycles. The molecule has 1 aromatic carbocycles. The molecule has 4 nitrogen and oxygen atoms in total. The average molecular weight is 282 g/mol. The maximum Gasteiger partial charge on any atom is 0.343 e. The number of hydrogen-bond donors (Lipinski definition) is 1. The summed E-state index contributed by atoms with van der Waals surface area (Å²) in [4.78, 5) is 15.2. The van der Waals surface area contributed by atoms with E-state index in [2.05, 4.69) is 25.7 Å². The Morgan fingerprint density at radius 2 is 2.19 bits per heavy atom. The number of pyridine rings is 1. The Morgan fingerprint density at radius 1 is 1.44 bits per heavy atom. The van der Waals surface area contributed by atoms with Gasteiger partial charge < -0.3 is 9.84 Å². The van der Waals surface area contributed by atoms with Crippen LogP contribution < -0.4 is 0 Å². The number of ether oxygens (including phenoxy) is 1. The van der Waals surface area contributed by atoms with Crippen LogP contribution in [0.4, 0.5) is 0 Å². The van der Waals surface area contributed by atoms with Crippen LogP contribution in [0.2, 0.25) is 0 Å².